The summed E-state index contributed by atoms with van der Waals surface area (Å²) in [5, 5.41) is 1.99. The third kappa shape index (κ3) is 2.92. The molecule has 0 saturated carbocycles. The third-order valence-corrected chi connectivity index (χ3v) is 4.18. The van der Waals surface area contributed by atoms with Gasteiger partial charge in [-0.2, -0.15) is 0 Å². The van der Waals surface area contributed by atoms with Crippen LogP contribution in [0.3, 0.4) is 0 Å². The number of anilines is 1. The molecule has 1 aromatic heterocycles. The van der Waals surface area contributed by atoms with E-state index in [4.69, 9.17) is 10.5 Å². The molecule has 2 N–H and O–H groups in total. The molecule has 0 fully saturated rings. The minimum Gasteiger partial charge on any atom is -0.491 e. The third-order valence-electron chi connectivity index (χ3n) is 2.07. The molecule has 90 valence electrons. The monoisotopic (exact) mass is 269 g/mol. The number of hydrogen-bond acceptors (Lipinski definition) is 4. The molecule has 2 nitrogen and oxygen atoms in total. The Morgan fingerprint density at radius 1 is 1.47 bits per heavy atom. The van der Waals surface area contributed by atoms with Crippen LogP contribution in [0, 0.1) is 5.82 Å². The number of benzene rings is 1. The van der Waals surface area contributed by atoms with Gasteiger partial charge >= 0.3 is 0 Å². The topological polar surface area (TPSA) is 35.2 Å². The lowest BCUT2D eigenvalue weighted by Crippen LogP contribution is -1.97. The normalized spacial score (nSPS) is 10.5. The maximum Gasteiger partial charge on any atom is 0.167 e. The van der Waals surface area contributed by atoms with E-state index in [1.54, 1.807) is 17.4 Å². The smallest absolute Gasteiger partial charge is 0.167 e. The summed E-state index contributed by atoms with van der Waals surface area (Å²) < 4.78 is 19.8. The summed E-state index contributed by atoms with van der Waals surface area (Å²) in [4.78, 5) is 0.817. The van der Waals surface area contributed by atoms with Crippen LogP contribution in [-0.4, -0.2) is 6.61 Å². The van der Waals surface area contributed by atoms with E-state index in [0.29, 0.717) is 12.3 Å². The van der Waals surface area contributed by atoms with Gasteiger partial charge in [0.2, 0.25) is 0 Å². The Bertz CT molecular complexity index is 499. The van der Waals surface area contributed by atoms with Gasteiger partial charge in [-0.25, -0.2) is 4.39 Å². The molecule has 1 aromatic carbocycles. The van der Waals surface area contributed by atoms with Gasteiger partial charge in [0.1, 0.15) is 0 Å². The van der Waals surface area contributed by atoms with Crippen LogP contribution in [0.5, 0.6) is 5.75 Å². The van der Waals surface area contributed by atoms with Crippen molar-refractivity contribution >= 4 is 28.8 Å². The first kappa shape index (κ1) is 12.3. The summed E-state index contributed by atoms with van der Waals surface area (Å²) >= 11 is 3.14. The summed E-state index contributed by atoms with van der Waals surface area (Å²) in [6, 6.07) is 6.92. The molecule has 2 aromatic rings. The molecule has 0 amide bonds. The fourth-order valence-electron chi connectivity index (χ4n) is 1.33. The molecule has 5 heteroatoms. The maximum atomic E-state index is 13.5. The van der Waals surface area contributed by atoms with Crippen LogP contribution >= 0.6 is 23.1 Å². The second-order valence-electron chi connectivity index (χ2n) is 3.29. The fourth-order valence-corrected chi connectivity index (χ4v) is 3.12. The van der Waals surface area contributed by atoms with E-state index in [9.17, 15) is 4.39 Å². The lowest BCUT2D eigenvalue weighted by Gasteiger charge is -2.09. The molecule has 0 aliphatic carbocycles. The van der Waals surface area contributed by atoms with Crippen LogP contribution in [0.4, 0.5) is 10.1 Å². The molecular formula is C12H12FNOS2. The maximum absolute atomic E-state index is 13.5. The zero-order valence-corrected chi connectivity index (χ0v) is 10.9. The quantitative estimate of drug-likeness (QED) is 0.851. The summed E-state index contributed by atoms with van der Waals surface area (Å²) in [6.07, 6.45) is 0. The van der Waals surface area contributed by atoms with E-state index in [2.05, 4.69) is 0 Å². The van der Waals surface area contributed by atoms with Gasteiger partial charge in [0.05, 0.1) is 10.8 Å². The van der Waals surface area contributed by atoms with E-state index >= 15 is 0 Å². The van der Waals surface area contributed by atoms with Crippen molar-refractivity contribution in [1.29, 1.82) is 0 Å². The van der Waals surface area contributed by atoms with Crippen LogP contribution in [0.2, 0.25) is 0 Å². The Balaban J connectivity index is 2.29. The number of nitrogens with two attached hydrogens (primary N) is 1. The average Bonchev–Trinajstić information content (AvgIpc) is 2.78. The van der Waals surface area contributed by atoms with Crippen molar-refractivity contribution in [1.82, 2.24) is 0 Å². The van der Waals surface area contributed by atoms with Crippen LogP contribution in [-0.2, 0) is 0 Å². The molecule has 0 saturated heterocycles. The van der Waals surface area contributed by atoms with E-state index in [-0.39, 0.29) is 5.75 Å². The Hall–Kier alpha value is -1.20. The Morgan fingerprint density at radius 3 is 2.94 bits per heavy atom. The largest absolute Gasteiger partial charge is 0.491 e. The van der Waals surface area contributed by atoms with Gasteiger partial charge in [-0.3, -0.25) is 0 Å². The second-order valence-corrected chi connectivity index (χ2v) is 5.58. The van der Waals surface area contributed by atoms with Crippen molar-refractivity contribution in [2.75, 3.05) is 12.3 Å². The predicted molar refractivity (Wildman–Crippen MR) is 70.4 cm³/mol. The van der Waals surface area contributed by atoms with Gasteiger partial charge in [0.25, 0.3) is 0 Å². The van der Waals surface area contributed by atoms with Crippen molar-refractivity contribution in [3.63, 3.8) is 0 Å². The average molecular weight is 269 g/mol. The number of rotatable bonds is 4. The molecule has 0 radical (unpaired) electrons. The summed E-state index contributed by atoms with van der Waals surface area (Å²) in [5.41, 5.74) is 6.23. The van der Waals surface area contributed by atoms with Crippen molar-refractivity contribution in [2.45, 2.75) is 16.0 Å². The molecule has 0 aliphatic rings. The number of nitrogen functional groups attached to an aromatic ring is 1. The number of halogens is 1. The van der Waals surface area contributed by atoms with Crippen molar-refractivity contribution in [3.05, 3.63) is 35.5 Å². The minimum atomic E-state index is -0.417. The molecule has 0 unspecified atom stereocenters. The highest BCUT2D eigenvalue weighted by molar-refractivity contribution is 8.01. The second kappa shape index (κ2) is 5.42. The predicted octanol–water partition coefficient (Wildman–Crippen LogP) is 4.02. The van der Waals surface area contributed by atoms with E-state index < -0.39 is 5.82 Å². The molecule has 0 aliphatic heterocycles. The lowest BCUT2D eigenvalue weighted by molar-refractivity contribution is 0.321. The summed E-state index contributed by atoms with van der Waals surface area (Å²) in [5.74, 6) is -0.166. The van der Waals surface area contributed by atoms with E-state index in [1.165, 1.54) is 17.8 Å². The highest BCUT2D eigenvalue weighted by Crippen LogP contribution is 2.37. The van der Waals surface area contributed by atoms with Gasteiger partial charge in [-0.15, -0.1) is 11.3 Å². The fraction of sp³-hybridized carbons (Fsp3) is 0.167. The lowest BCUT2D eigenvalue weighted by atomic mass is 10.3. The number of hydrogen-bond donors (Lipinski definition) is 1. The summed E-state index contributed by atoms with van der Waals surface area (Å²) in [7, 11) is 0. The molecule has 0 atom stereocenters. The summed E-state index contributed by atoms with van der Waals surface area (Å²) in [6.45, 7) is 2.26. The number of thiophene rings is 1. The standard InChI is InChI=1S/C12H12FNOS2/c1-2-15-10-7-11(9(14)6-8(10)13)17-12-4-3-5-16-12/h3-7H,2,14H2,1H3. The highest BCUT2D eigenvalue weighted by Gasteiger charge is 2.10. The van der Waals surface area contributed by atoms with Gasteiger partial charge in [0, 0.05) is 16.6 Å². The van der Waals surface area contributed by atoms with Crippen LogP contribution in [0.15, 0.2) is 38.8 Å². The van der Waals surface area contributed by atoms with Crippen LogP contribution in [0.25, 0.3) is 0 Å². The Kier molecular flexibility index (Phi) is 3.91. The van der Waals surface area contributed by atoms with Gasteiger partial charge in [-0.05, 0) is 24.4 Å². The van der Waals surface area contributed by atoms with Gasteiger partial charge < -0.3 is 10.5 Å². The SMILES string of the molecule is CCOc1cc(Sc2cccs2)c(N)cc1F. The molecule has 2 rings (SSSR count). The van der Waals surface area contributed by atoms with Gasteiger partial charge in [0.15, 0.2) is 11.6 Å². The first-order valence-electron chi connectivity index (χ1n) is 5.14. The first-order valence-corrected chi connectivity index (χ1v) is 6.83. The Labute approximate surface area is 108 Å². The number of ether oxygens (including phenoxy) is 1. The molecule has 0 spiro atoms. The molecule has 0 bridgehead atoms. The molecule has 1 heterocycles. The highest BCUT2D eigenvalue weighted by atomic mass is 32.2. The zero-order chi connectivity index (χ0) is 12.3. The Morgan fingerprint density at radius 2 is 2.29 bits per heavy atom. The van der Waals surface area contributed by atoms with Crippen LogP contribution < -0.4 is 10.5 Å². The van der Waals surface area contributed by atoms with E-state index in [0.717, 1.165) is 9.10 Å². The molecular weight excluding hydrogens is 257 g/mol. The van der Waals surface area contributed by atoms with Crippen LogP contribution in [0.1, 0.15) is 6.92 Å². The first-order chi connectivity index (χ1) is 8.20. The van der Waals surface area contributed by atoms with Gasteiger partial charge in [-0.1, -0.05) is 17.8 Å². The van der Waals surface area contributed by atoms with Crippen molar-refractivity contribution < 1.29 is 9.13 Å². The van der Waals surface area contributed by atoms with E-state index in [1.807, 2.05) is 24.4 Å². The molecule has 17 heavy (non-hydrogen) atoms. The zero-order valence-electron chi connectivity index (χ0n) is 9.27. The van der Waals surface area contributed by atoms with Crippen molar-refractivity contribution in [3.8, 4) is 5.75 Å². The minimum absolute atomic E-state index is 0.251. The van der Waals surface area contributed by atoms with Crippen molar-refractivity contribution in [2.24, 2.45) is 0 Å².